The summed E-state index contributed by atoms with van der Waals surface area (Å²) in [6, 6.07) is -0.805. The number of hydrogen-bond acceptors (Lipinski definition) is 4. The zero-order chi connectivity index (χ0) is 10.3. The number of carboxylic acid groups (broad SMARTS) is 1. The molecule has 0 aliphatic carbocycles. The van der Waals surface area contributed by atoms with Crippen LogP contribution < -0.4 is 11.5 Å². The van der Waals surface area contributed by atoms with E-state index in [0.717, 1.165) is 0 Å². The van der Waals surface area contributed by atoms with Crippen molar-refractivity contribution in [3.05, 3.63) is 0 Å². The second-order valence-electron chi connectivity index (χ2n) is 2.56. The van der Waals surface area contributed by atoms with Crippen LogP contribution in [0.3, 0.4) is 0 Å². The first kappa shape index (κ1) is 12.2. The van der Waals surface area contributed by atoms with Crippen LogP contribution in [0.25, 0.3) is 0 Å². The third-order valence-corrected chi connectivity index (χ3v) is 2.40. The smallest absolute Gasteiger partial charge is 0.320 e. The molecule has 1 amide bonds. The topological polar surface area (TPSA) is 106 Å². The Morgan fingerprint density at radius 2 is 2.00 bits per heavy atom. The molecule has 0 aromatic carbocycles. The molecule has 0 aromatic heterocycles. The third kappa shape index (κ3) is 7.61. The highest BCUT2D eigenvalue weighted by atomic mass is 32.2. The van der Waals surface area contributed by atoms with Gasteiger partial charge in [-0.1, -0.05) is 0 Å². The first-order valence-corrected chi connectivity index (χ1v) is 5.04. The lowest BCUT2D eigenvalue weighted by molar-refractivity contribution is -0.138. The highest BCUT2D eigenvalue weighted by Gasteiger charge is 2.10. The number of carbonyl (C=O) groups excluding carboxylic acids is 1. The summed E-state index contributed by atoms with van der Waals surface area (Å²) in [6.45, 7) is 0. The van der Waals surface area contributed by atoms with Crippen LogP contribution in [0.2, 0.25) is 0 Å². The summed E-state index contributed by atoms with van der Waals surface area (Å²) in [6.07, 6.45) is 0.742. The van der Waals surface area contributed by atoms with Gasteiger partial charge in [-0.3, -0.25) is 9.59 Å². The fourth-order valence-electron chi connectivity index (χ4n) is 0.609. The number of aliphatic carboxylic acids is 1. The predicted octanol–water partition coefficient (Wildman–Crippen LogP) is -0.603. The lowest BCUT2D eigenvalue weighted by Crippen LogP contribution is -2.30. The summed E-state index contributed by atoms with van der Waals surface area (Å²) in [5, 5.41) is 8.42. The van der Waals surface area contributed by atoms with Gasteiger partial charge in [0.2, 0.25) is 5.91 Å². The molecule has 0 aliphatic rings. The maximum absolute atomic E-state index is 10.3. The van der Waals surface area contributed by atoms with Gasteiger partial charge in [0, 0.05) is 12.2 Å². The Kier molecular flexibility index (Phi) is 6.34. The Balaban J connectivity index is 3.26. The molecule has 0 radical (unpaired) electrons. The minimum absolute atomic E-state index is 0.326. The van der Waals surface area contributed by atoms with Crippen molar-refractivity contribution < 1.29 is 14.7 Å². The van der Waals surface area contributed by atoms with E-state index >= 15 is 0 Å². The highest BCUT2D eigenvalue weighted by Crippen LogP contribution is 2.05. The molecular weight excluding hydrogens is 192 g/mol. The number of nitrogens with two attached hydrogens (primary N) is 2. The summed E-state index contributed by atoms with van der Waals surface area (Å²) < 4.78 is 0. The van der Waals surface area contributed by atoms with E-state index in [4.69, 9.17) is 16.6 Å². The Morgan fingerprint density at radius 1 is 1.38 bits per heavy atom. The molecule has 0 saturated carbocycles. The minimum Gasteiger partial charge on any atom is -0.480 e. The van der Waals surface area contributed by atoms with Crippen molar-refractivity contribution in [2.24, 2.45) is 11.5 Å². The Morgan fingerprint density at radius 3 is 2.46 bits per heavy atom. The number of carboxylic acids is 1. The molecule has 5 nitrogen and oxygen atoms in total. The fourth-order valence-corrected chi connectivity index (χ4v) is 1.58. The Bertz CT molecular complexity index is 187. The molecule has 0 heterocycles. The summed E-state index contributed by atoms with van der Waals surface area (Å²) in [4.78, 5) is 20.6. The molecule has 0 spiro atoms. The maximum atomic E-state index is 10.3. The van der Waals surface area contributed by atoms with E-state index in [2.05, 4.69) is 0 Å². The van der Waals surface area contributed by atoms with E-state index in [-0.39, 0.29) is 5.91 Å². The summed E-state index contributed by atoms with van der Waals surface area (Å²) in [7, 11) is 0. The molecule has 0 bridgehead atoms. The highest BCUT2D eigenvalue weighted by molar-refractivity contribution is 7.99. The minimum atomic E-state index is -0.990. The zero-order valence-corrected chi connectivity index (χ0v) is 8.05. The van der Waals surface area contributed by atoms with Gasteiger partial charge >= 0.3 is 5.97 Å². The van der Waals surface area contributed by atoms with Crippen molar-refractivity contribution in [3.8, 4) is 0 Å². The van der Waals surface area contributed by atoms with Crippen LogP contribution in [-0.2, 0) is 9.59 Å². The lowest BCUT2D eigenvalue weighted by Gasteiger charge is -2.04. The average Bonchev–Trinajstić information content (AvgIpc) is 2.02. The van der Waals surface area contributed by atoms with Crippen molar-refractivity contribution in [2.45, 2.75) is 18.9 Å². The van der Waals surface area contributed by atoms with Crippen molar-refractivity contribution in [1.82, 2.24) is 0 Å². The first-order chi connectivity index (χ1) is 6.04. The van der Waals surface area contributed by atoms with Gasteiger partial charge in [0.05, 0.1) is 0 Å². The van der Waals surface area contributed by atoms with Crippen molar-refractivity contribution in [1.29, 1.82) is 0 Å². The molecule has 76 valence electrons. The average molecular weight is 206 g/mol. The molecule has 0 aliphatic heterocycles. The van der Waals surface area contributed by atoms with E-state index in [0.29, 0.717) is 24.3 Å². The van der Waals surface area contributed by atoms with Crippen LogP contribution in [0, 0.1) is 0 Å². The standard InChI is InChI=1S/C7H14N2O3S/c8-5(7(11)12)1-3-13-4-2-6(9)10/h5H,1-4,8H2,(H2,9,10)(H,11,12). The molecule has 0 rings (SSSR count). The Labute approximate surface area is 80.8 Å². The quantitative estimate of drug-likeness (QED) is 0.482. The zero-order valence-electron chi connectivity index (χ0n) is 7.23. The van der Waals surface area contributed by atoms with Gasteiger partial charge in [0.25, 0.3) is 0 Å². The molecule has 5 N–H and O–H groups in total. The van der Waals surface area contributed by atoms with Crippen LogP contribution in [-0.4, -0.2) is 34.5 Å². The number of carbonyl (C=O) groups is 2. The number of rotatable bonds is 7. The van der Waals surface area contributed by atoms with E-state index in [1.54, 1.807) is 0 Å². The van der Waals surface area contributed by atoms with Gasteiger partial charge in [-0.25, -0.2) is 0 Å². The first-order valence-electron chi connectivity index (χ1n) is 3.88. The lowest BCUT2D eigenvalue weighted by atomic mass is 10.2. The largest absolute Gasteiger partial charge is 0.480 e. The third-order valence-electron chi connectivity index (χ3n) is 1.38. The molecule has 0 fully saturated rings. The monoisotopic (exact) mass is 206 g/mol. The SMILES string of the molecule is NC(=O)CCSCCC(N)C(=O)O. The van der Waals surface area contributed by atoms with Gasteiger partial charge in [0.15, 0.2) is 0 Å². The van der Waals surface area contributed by atoms with E-state index < -0.39 is 12.0 Å². The van der Waals surface area contributed by atoms with E-state index in [1.165, 1.54) is 11.8 Å². The number of thioether (sulfide) groups is 1. The second-order valence-corrected chi connectivity index (χ2v) is 3.79. The van der Waals surface area contributed by atoms with Crippen LogP contribution in [0.4, 0.5) is 0 Å². The van der Waals surface area contributed by atoms with Gasteiger partial charge < -0.3 is 16.6 Å². The Hall–Kier alpha value is -0.750. The van der Waals surface area contributed by atoms with E-state index in [1.807, 2.05) is 0 Å². The molecule has 1 unspecified atom stereocenters. The molecular formula is C7H14N2O3S. The van der Waals surface area contributed by atoms with E-state index in [9.17, 15) is 9.59 Å². The molecule has 1 atom stereocenters. The van der Waals surface area contributed by atoms with Crippen LogP contribution in [0.5, 0.6) is 0 Å². The van der Waals surface area contributed by atoms with Gasteiger partial charge in [-0.15, -0.1) is 0 Å². The van der Waals surface area contributed by atoms with Crippen LogP contribution >= 0.6 is 11.8 Å². The fraction of sp³-hybridized carbons (Fsp3) is 0.714. The van der Waals surface area contributed by atoms with Gasteiger partial charge in [0.1, 0.15) is 6.04 Å². The summed E-state index contributed by atoms with van der Waals surface area (Å²) in [5.74, 6) is -0.0619. The second kappa shape index (κ2) is 6.73. The molecule has 0 aromatic rings. The number of amides is 1. The molecule has 13 heavy (non-hydrogen) atoms. The number of hydrogen-bond donors (Lipinski definition) is 3. The number of primary amides is 1. The maximum Gasteiger partial charge on any atom is 0.320 e. The normalized spacial score (nSPS) is 12.4. The van der Waals surface area contributed by atoms with Crippen molar-refractivity contribution >= 4 is 23.6 Å². The molecule has 0 saturated heterocycles. The molecule has 6 heteroatoms. The van der Waals surface area contributed by atoms with Gasteiger partial charge in [-0.2, -0.15) is 11.8 Å². The van der Waals surface area contributed by atoms with Gasteiger partial charge in [-0.05, 0) is 12.2 Å². The van der Waals surface area contributed by atoms with Crippen LogP contribution in [0.1, 0.15) is 12.8 Å². The van der Waals surface area contributed by atoms with Crippen LogP contribution in [0.15, 0.2) is 0 Å². The van der Waals surface area contributed by atoms with Crippen molar-refractivity contribution in [2.75, 3.05) is 11.5 Å². The predicted molar refractivity (Wildman–Crippen MR) is 51.4 cm³/mol. The summed E-state index contributed by atoms with van der Waals surface area (Å²) in [5.41, 5.74) is 10.2. The summed E-state index contributed by atoms with van der Waals surface area (Å²) >= 11 is 1.48. The van der Waals surface area contributed by atoms with Crippen molar-refractivity contribution in [3.63, 3.8) is 0 Å².